The van der Waals surface area contributed by atoms with E-state index in [2.05, 4.69) is 19.2 Å². The molecule has 2 rings (SSSR count). The second kappa shape index (κ2) is 4.51. The maximum absolute atomic E-state index is 5.98. The van der Waals surface area contributed by atoms with Crippen LogP contribution < -0.4 is 11.1 Å². The van der Waals surface area contributed by atoms with E-state index in [1.807, 2.05) is 24.3 Å². The van der Waals surface area contributed by atoms with E-state index in [0.717, 1.165) is 23.6 Å². The first-order valence-corrected chi connectivity index (χ1v) is 6.56. The van der Waals surface area contributed by atoms with Crippen LogP contribution in [0.4, 0.5) is 5.69 Å². The fourth-order valence-electron chi connectivity index (χ4n) is 2.84. The molecule has 0 radical (unpaired) electrons. The molecule has 0 heterocycles. The first-order chi connectivity index (χ1) is 7.95. The molecule has 1 unspecified atom stereocenters. The van der Waals surface area contributed by atoms with E-state index >= 15 is 0 Å². The van der Waals surface area contributed by atoms with Crippen LogP contribution in [-0.2, 0) is 0 Å². The zero-order valence-electron chi connectivity index (χ0n) is 10.6. The molecule has 17 heavy (non-hydrogen) atoms. The Morgan fingerprint density at radius 1 is 1.24 bits per heavy atom. The molecule has 3 N–H and O–H groups in total. The summed E-state index contributed by atoms with van der Waals surface area (Å²) in [6.45, 7) is 5.31. The van der Waals surface area contributed by atoms with Crippen molar-refractivity contribution in [3.63, 3.8) is 0 Å². The molecule has 0 spiro atoms. The first-order valence-electron chi connectivity index (χ1n) is 6.19. The molecule has 0 saturated heterocycles. The molecule has 1 fully saturated rings. The van der Waals surface area contributed by atoms with E-state index in [0.29, 0.717) is 12.0 Å². The van der Waals surface area contributed by atoms with Gasteiger partial charge in [0.15, 0.2) is 0 Å². The zero-order valence-corrected chi connectivity index (χ0v) is 11.3. The van der Waals surface area contributed by atoms with Gasteiger partial charge in [-0.05, 0) is 48.9 Å². The molecular weight excluding hydrogens is 232 g/mol. The van der Waals surface area contributed by atoms with Gasteiger partial charge in [-0.3, -0.25) is 0 Å². The van der Waals surface area contributed by atoms with Gasteiger partial charge < -0.3 is 11.1 Å². The van der Waals surface area contributed by atoms with E-state index in [1.54, 1.807) is 0 Å². The van der Waals surface area contributed by atoms with Crippen molar-refractivity contribution in [2.24, 2.45) is 11.1 Å². The number of hydrogen-bond acceptors (Lipinski definition) is 2. The van der Waals surface area contributed by atoms with Crippen LogP contribution in [0.25, 0.3) is 0 Å². The van der Waals surface area contributed by atoms with Crippen molar-refractivity contribution in [3.05, 3.63) is 29.3 Å². The minimum atomic E-state index is 0.0529. The fourth-order valence-corrected chi connectivity index (χ4v) is 2.97. The van der Waals surface area contributed by atoms with E-state index in [4.69, 9.17) is 17.3 Å². The van der Waals surface area contributed by atoms with Gasteiger partial charge in [0.25, 0.3) is 0 Å². The summed E-state index contributed by atoms with van der Waals surface area (Å²) in [5, 5.41) is 4.37. The van der Waals surface area contributed by atoms with Gasteiger partial charge in [0.2, 0.25) is 0 Å². The Morgan fingerprint density at radius 2 is 1.88 bits per heavy atom. The van der Waals surface area contributed by atoms with Crippen molar-refractivity contribution >= 4 is 17.3 Å². The van der Waals surface area contributed by atoms with Gasteiger partial charge in [-0.25, -0.2) is 0 Å². The Kier molecular flexibility index (Phi) is 3.37. The van der Waals surface area contributed by atoms with E-state index in [-0.39, 0.29) is 5.54 Å². The van der Waals surface area contributed by atoms with E-state index in [9.17, 15) is 0 Å². The average molecular weight is 253 g/mol. The number of rotatable bonds is 3. The first kappa shape index (κ1) is 12.7. The third-order valence-electron chi connectivity index (χ3n) is 3.74. The van der Waals surface area contributed by atoms with Crippen LogP contribution in [0.3, 0.4) is 0 Å². The summed E-state index contributed by atoms with van der Waals surface area (Å²) in [6, 6.07) is 7.86. The number of nitrogens with two attached hydrogens (primary N) is 1. The molecule has 2 nitrogen and oxygen atoms in total. The lowest BCUT2D eigenvalue weighted by molar-refractivity contribution is 0.351. The zero-order chi connectivity index (χ0) is 12.5. The Bertz CT molecular complexity index is 386. The van der Waals surface area contributed by atoms with Crippen LogP contribution >= 0.6 is 11.6 Å². The van der Waals surface area contributed by atoms with Crippen molar-refractivity contribution in [2.75, 3.05) is 11.9 Å². The highest BCUT2D eigenvalue weighted by atomic mass is 35.5. The third-order valence-corrected chi connectivity index (χ3v) is 3.99. The summed E-state index contributed by atoms with van der Waals surface area (Å²) < 4.78 is 0. The largest absolute Gasteiger partial charge is 0.378 e. The van der Waals surface area contributed by atoms with Crippen LogP contribution in [0.5, 0.6) is 0 Å². The molecule has 1 aliphatic carbocycles. The molecule has 0 amide bonds. The van der Waals surface area contributed by atoms with Crippen LogP contribution in [0.2, 0.25) is 5.02 Å². The van der Waals surface area contributed by atoms with Gasteiger partial charge in [0.05, 0.1) is 5.54 Å². The third kappa shape index (κ3) is 2.93. The molecule has 1 aliphatic rings. The fraction of sp³-hybridized carbons (Fsp3) is 0.571. The van der Waals surface area contributed by atoms with Crippen LogP contribution in [0.1, 0.15) is 33.1 Å². The highest BCUT2D eigenvalue weighted by Gasteiger charge is 2.42. The summed E-state index contributed by atoms with van der Waals surface area (Å²) >= 11 is 5.89. The summed E-state index contributed by atoms with van der Waals surface area (Å²) in [4.78, 5) is 0. The standard InChI is InChI=1S/C14H21ClN2/c1-13(2)7-8-14(9-13,10-16)17-12-5-3-11(15)4-6-12/h3-6,17H,7-10,16H2,1-2H3. The van der Waals surface area contributed by atoms with Crippen LogP contribution in [0.15, 0.2) is 24.3 Å². The molecule has 3 heteroatoms. The number of anilines is 1. The molecule has 0 bridgehead atoms. The maximum atomic E-state index is 5.98. The molecule has 94 valence electrons. The number of hydrogen-bond donors (Lipinski definition) is 2. The molecule has 1 aromatic rings. The number of nitrogens with one attached hydrogen (secondary N) is 1. The molecule has 1 atom stereocenters. The lowest BCUT2D eigenvalue weighted by Crippen LogP contribution is -2.43. The van der Waals surface area contributed by atoms with Crippen molar-refractivity contribution in [2.45, 2.75) is 38.6 Å². The smallest absolute Gasteiger partial charge is 0.0501 e. The minimum absolute atomic E-state index is 0.0529. The van der Waals surface area contributed by atoms with Gasteiger partial charge in [0.1, 0.15) is 0 Å². The topological polar surface area (TPSA) is 38.0 Å². The van der Waals surface area contributed by atoms with Gasteiger partial charge in [-0.15, -0.1) is 0 Å². The SMILES string of the molecule is CC1(C)CCC(CN)(Nc2ccc(Cl)cc2)C1. The number of halogens is 1. The molecule has 1 aromatic carbocycles. The van der Waals surface area contributed by atoms with Gasteiger partial charge >= 0.3 is 0 Å². The van der Waals surface area contributed by atoms with Gasteiger partial charge in [-0.1, -0.05) is 25.4 Å². The Balaban J connectivity index is 2.13. The second-order valence-corrected chi connectivity index (χ2v) is 6.39. The summed E-state index contributed by atoms with van der Waals surface area (Å²) in [5.41, 5.74) is 7.53. The maximum Gasteiger partial charge on any atom is 0.0501 e. The normalized spacial score (nSPS) is 27.1. The summed E-state index contributed by atoms with van der Waals surface area (Å²) in [7, 11) is 0. The summed E-state index contributed by atoms with van der Waals surface area (Å²) in [5.74, 6) is 0. The predicted molar refractivity (Wildman–Crippen MR) is 74.5 cm³/mol. The Labute approximate surface area is 109 Å². The Morgan fingerprint density at radius 3 is 2.35 bits per heavy atom. The lowest BCUT2D eigenvalue weighted by Gasteiger charge is -2.32. The van der Waals surface area contributed by atoms with Crippen LogP contribution in [-0.4, -0.2) is 12.1 Å². The van der Waals surface area contributed by atoms with Crippen molar-refractivity contribution in [1.29, 1.82) is 0 Å². The van der Waals surface area contributed by atoms with Crippen molar-refractivity contribution in [3.8, 4) is 0 Å². The average Bonchev–Trinajstić information content (AvgIpc) is 2.59. The van der Waals surface area contributed by atoms with Gasteiger partial charge in [-0.2, -0.15) is 0 Å². The van der Waals surface area contributed by atoms with Crippen molar-refractivity contribution in [1.82, 2.24) is 0 Å². The monoisotopic (exact) mass is 252 g/mol. The highest BCUT2D eigenvalue weighted by molar-refractivity contribution is 6.30. The molecule has 1 saturated carbocycles. The minimum Gasteiger partial charge on any atom is -0.378 e. The molecule has 0 aliphatic heterocycles. The highest BCUT2D eigenvalue weighted by Crippen LogP contribution is 2.44. The Hall–Kier alpha value is -0.730. The molecule has 0 aromatic heterocycles. The predicted octanol–water partition coefficient (Wildman–Crippen LogP) is 3.66. The quantitative estimate of drug-likeness (QED) is 0.862. The molecular formula is C14H21ClN2. The van der Waals surface area contributed by atoms with E-state index in [1.165, 1.54) is 6.42 Å². The van der Waals surface area contributed by atoms with Crippen molar-refractivity contribution < 1.29 is 0 Å². The number of benzene rings is 1. The lowest BCUT2D eigenvalue weighted by atomic mass is 9.87. The van der Waals surface area contributed by atoms with E-state index < -0.39 is 0 Å². The van der Waals surface area contributed by atoms with Gasteiger partial charge in [0, 0.05) is 17.3 Å². The summed E-state index contributed by atoms with van der Waals surface area (Å²) in [6.07, 6.45) is 3.49. The van der Waals surface area contributed by atoms with Crippen LogP contribution in [0, 0.1) is 5.41 Å². The second-order valence-electron chi connectivity index (χ2n) is 5.96.